The Hall–Kier alpha value is -4.51. The lowest BCUT2D eigenvalue weighted by Gasteiger charge is -2.17. The lowest BCUT2D eigenvalue weighted by molar-refractivity contribution is -0.118. The SMILES string of the molecule is COc1ccc(Cn2cc([C@@H](CC(N)=O)c3cccc(Oc4ccccc4)c3)c3ccccc32)cc1. The van der Waals surface area contributed by atoms with E-state index < -0.39 is 0 Å². The second kappa shape index (κ2) is 10.4. The number of carbonyl (C=O) groups excluding carboxylic acids is 1. The van der Waals surface area contributed by atoms with Gasteiger partial charge in [0.2, 0.25) is 5.91 Å². The number of nitrogens with zero attached hydrogens (tertiary/aromatic N) is 1. The number of carbonyl (C=O) groups is 1. The lowest BCUT2D eigenvalue weighted by atomic mass is 9.88. The molecule has 0 aliphatic heterocycles. The van der Waals surface area contributed by atoms with Crippen LogP contribution in [0.25, 0.3) is 10.9 Å². The van der Waals surface area contributed by atoms with Crippen molar-refractivity contribution in [2.45, 2.75) is 18.9 Å². The van der Waals surface area contributed by atoms with Gasteiger partial charge in [0.15, 0.2) is 0 Å². The summed E-state index contributed by atoms with van der Waals surface area (Å²) in [4.78, 5) is 12.2. The van der Waals surface area contributed by atoms with Gasteiger partial charge in [0.25, 0.3) is 0 Å². The monoisotopic (exact) mass is 476 g/mol. The second-order valence-corrected chi connectivity index (χ2v) is 8.79. The zero-order valence-corrected chi connectivity index (χ0v) is 20.1. The van der Waals surface area contributed by atoms with Gasteiger partial charge in [-0.25, -0.2) is 0 Å². The third-order valence-electron chi connectivity index (χ3n) is 6.35. The van der Waals surface area contributed by atoms with Crippen LogP contribution >= 0.6 is 0 Å². The summed E-state index contributed by atoms with van der Waals surface area (Å²) in [5.74, 6) is 1.76. The topological polar surface area (TPSA) is 66.5 Å². The molecule has 0 fully saturated rings. The van der Waals surface area contributed by atoms with Crippen molar-refractivity contribution in [2.75, 3.05) is 7.11 Å². The van der Waals surface area contributed by atoms with Crippen molar-refractivity contribution in [3.8, 4) is 17.2 Å². The summed E-state index contributed by atoms with van der Waals surface area (Å²) in [5.41, 5.74) is 10.1. The van der Waals surface area contributed by atoms with E-state index in [1.54, 1.807) is 7.11 Å². The molecule has 1 aromatic heterocycles. The first-order valence-electron chi connectivity index (χ1n) is 11.9. The Morgan fingerprint density at radius 1 is 0.833 bits per heavy atom. The molecule has 5 rings (SSSR count). The number of nitrogens with two attached hydrogens (primary N) is 1. The Balaban J connectivity index is 1.54. The Morgan fingerprint density at radius 3 is 2.31 bits per heavy atom. The molecule has 5 nitrogen and oxygen atoms in total. The normalized spacial score (nSPS) is 11.8. The molecule has 0 aliphatic carbocycles. The van der Waals surface area contributed by atoms with Crippen LogP contribution in [0, 0.1) is 0 Å². The summed E-state index contributed by atoms with van der Waals surface area (Å²) in [7, 11) is 1.67. The van der Waals surface area contributed by atoms with E-state index in [9.17, 15) is 4.79 Å². The van der Waals surface area contributed by atoms with E-state index in [-0.39, 0.29) is 18.2 Å². The van der Waals surface area contributed by atoms with Gasteiger partial charge in [-0.15, -0.1) is 0 Å². The van der Waals surface area contributed by atoms with Crippen molar-refractivity contribution < 1.29 is 14.3 Å². The van der Waals surface area contributed by atoms with E-state index in [2.05, 4.69) is 35.0 Å². The highest BCUT2D eigenvalue weighted by atomic mass is 16.5. The molecule has 5 aromatic rings. The third kappa shape index (κ3) is 5.10. The van der Waals surface area contributed by atoms with Gasteiger partial charge in [0.1, 0.15) is 17.2 Å². The molecular weight excluding hydrogens is 448 g/mol. The van der Waals surface area contributed by atoms with Gasteiger partial charge in [-0.1, -0.05) is 60.7 Å². The Kier molecular flexibility index (Phi) is 6.72. The van der Waals surface area contributed by atoms with Crippen LogP contribution in [0.5, 0.6) is 17.2 Å². The molecule has 0 unspecified atom stereocenters. The summed E-state index contributed by atoms with van der Waals surface area (Å²) in [6.07, 6.45) is 2.35. The lowest BCUT2D eigenvalue weighted by Crippen LogP contribution is -2.16. The number of para-hydroxylation sites is 2. The first kappa shape index (κ1) is 23.2. The average molecular weight is 477 g/mol. The highest BCUT2D eigenvalue weighted by Crippen LogP contribution is 2.36. The number of benzene rings is 4. The number of amides is 1. The van der Waals surface area contributed by atoms with Crippen molar-refractivity contribution >= 4 is 16.8 Å². The molecule has 0 spiro atoms. The average Bonchev–Trinajstić information content (AvgIpc) is 3.26. The summed E-state index contributed by atoms with van der Waals surface area (Å²) in [6.45, 7) is 0.699. The van der Waals surface area contributed by atoms with Gasteiger partial charge >= 0.3 is 0 Å². The largest absolute Gasteiger partial charge is 0.497 e. The van der Waals surface area contributed by atoms with Crippen LogP contribution in [0.15, 0.2) is 109 Å². The third-order valence-corrected chi connectivity index (χ3v) is 6.35. The summed E-state index contributed by atoms with van der Waals surface area (Å²) >= 11 is 0. The molecule has 0 radical (unpaired) electrons. The van der Waals surface area contributed by atoms with Crippen molar-refractivity contribution in [3.05, 3.63) is 126 Å². The van der Waals surface area contributed by atoms with Crippen LogP contribution in [-0.4, -0.2) is 17.6 Å². The fourth-order valence-corrected chi connectivity index (χ4v) is 4.64. The molecule has 1 atom stereocenters. The maximum absolute atomic E-state index is 12.2. The van der Waals surface area contributed by atoms with Gasteiger partial charge in [0.05, 0.1) is 7.11 Å². The number of ether oxygens (including phenoxy) is 2. The predicted molar refractivity (Wildman–Crippen MR) is 143 cm³/mol. The number of hydrogen-bond acceptors (Lipinski definition) is 3. The van der Waals surface area contributed by atoms with Crippen LogP contribution in [0.2, 0.25) is 0 Å². The Bertz CT molecular complexity index is 1470. The van der Waals surface area contributed by atoms with Crippen LogP contribution in [0.3, 0.4) is 0 Å². The molecule has 180 valence electrons. The fourth-order valence-electron chi connectivity index (χ4n) is 4.64. The zero-order chi connectivity index (χ0) is 24.9. The van der Waals surface area contributed by atoms with E-state index in [0.29, 0.717) is 6.54 Å². The van der Waals surface area contributed by atoms with Crippen LogP contribution in [0.4, 0.5) is 0 Å². The van der Waals surface area contributed by atoms with Crippen LogP contribution < -0.4 is 15.2 Å². The van der Waals surface area contributed by atoms with E-state index in [0.717, 1.165) is 44.8 Å². The zero-order valence-electron chi connectivity index (χ0n) is 20.1. The van der Waals surface area contributed by atoms with Crippen LogP contribution in [0.1, 0.15) is 29.0 Å². The standard InChI is InChI=1S/C31H28N2O3/c1-35-24-16-14-22(15-17-24)20-33-21-29(27-12-5-6-13-30(27)33)28(19-31(32)34)23-8-7-11-26(18-23)36-25-9-3-2-4-10-25/h2-18,21,28H,19-20H2,1H3,(H2,32,34)/t28-/m0/s1. The predicted octanol–water partition coefficient (Wildman–Crippen LogP) is 6.50. The number of methoxy groups -OCH3 is 1. The molecule has 1 amide bonds. The maximum atomic E-state index is 12.2. The number of hydrogen-bond donors (Lipinski definition) is 1. The van der Waals surface area contributed by atoms with E-state index in [1.807, 2.05) is 78.9 Å². The molecule has 36 heavy (non-hydrogen) atoms. The molecule has 0 saturated heterocycles. The minimum Gasteiger partial charge on any atom is -0.497 e. The molecule has 0 saturated carbocycles. The molecular formula is C31H28N2O3. The van der Waals surface area contributed by atoms with Crippen molar-refractivity contribution in [1.82, 2.24) is 4.57 Å². The van der Waals surface area contributed by atoms with Crippen LogP contribution in [-0.2, 0) is 11.3 Å². The smallest absolute Gasteiger partial charge is 0.218 e. The highest BCUT2D eigenvalue weighted by Gasteiger charge is 2.22. The summed E-state index contributed by atoms with van der Waals surface area (Å²) in [6, 6.07) is 33.9. The number of rotatable bonds is 9. The number of aromatic nitrogens is 1. The van der Waals surface area contributed by atoms with Gasteiger partial charge < -0.3 is 19.8 Å². The van der Waals surface area contributed by atoms with Crippen molar-refractivity contribution in [2.24, 2.45) is 5.73 Å². The molecule has 5 heteroatoms. The van der Waals surface area contributed by atoms with E-state index >= 15 is 0 Å². The molecule has 0 bridgehead atoms. The second-order valence-electron chi connectivity index (χ2n) is 8.79. The first-order valence-corrected chi connectivity index (χ1v) is 11.9. The quantitative estimate of drug-likeness (QED) is 0.264. The molecule has 1 heterocycles. The molecule has 4 aromatic carbocycles. The van der Waals surface area contributed by atoms with E-state index in [1.165, 1.54) is 0 Å². The summed E-state index contributed by atoms with van der Waals surface area (Å²) in [5, 5.41) is 1.10. The minimum atomic E-state index is -0.346. The minimum absolute atomic E-state index is 0.200. The Morgan fingerprint density at radius 2 is 1.56 bits per heavy atom. The van der Waals surface area contributed by atoms with Gasteiger partial charge in [-0.3, -0.25) is 4.79 Å². The maximum Gasteiger partial charge on any atom is 0.218 e. The van der Waals surface area contributed by atoms with Crippen molar-refractivity contribution in [3.63, 3.8) is 0 Å². The highest BCUT2D eigenvalue weighted by molar-refractivity contribution is 5.86. The van der Waals surface area contributed by atoms with Gasteiger partial charge in [-0.05, 0) is 59.2 Å². The number of primary amides is 1. The van der Waals surface area contributed by atoms with Gasteiger partial charge in [-0.2, -0.15) is 0 Å². The first-order chi connectivity index (χ1) is 17.6. The van der Waals surface area contributed by atoms with Gasteiger partial charge in [0, 0.05) is 36.0 Å². The van der Waals surface area contributed by atoms with Crippen molar-refractivity contribution in [1.29, 1.82) is 0 Å². The molecule has 0 aliphatic rings. The molecule has 2 N–H and O–H groups in total. The van der Waals surface area contributed by atoms with E-state index in [4.69, 9.17) is 15.2 Å². The summed E-state index contributed by atoms with van der Waals surface area (Å²) < 4.78 is 13.6. The number of fused-ring (bicyclic) bond motifs is 1. The fraction of sp³-hybridized carbons (Fsp3) is 0.129. The Labute approximate surface area is 210 Å².